The van der Waals surface area contributed by atoms with Crippen LogP contribution in [0, 0.1) is 17.1 Å². The Bertz CT molecular complexity index is 1020. The molecule has 0 spiro atoms. The molecule has 0 bridgehead atoms. The molecule has 8 nitrogen and oxygen atoms in total. The molecule has 9 heteroatoms. The molecule has 1 aliphatic rings. The molecular formula is C22H24FN5O3. The van der Waals surface area contributed by atoms with Crippen LogP contribution in [-0.2, 0) is 4.74 Å². The summed E-state index contributed by atoms with van der Waals surface area (Å²) in [5.74, 6) is -0.505. The van der Waals surface area contributed by atoms with Gasteiger partial charge in [0, 0.05) is 26.2 Å². The van der Waals surface area contributed by atoms with E-state index in [2.05, 4.69) is 10.3 Å². The molecule has 0 unspecified atom stereocenters. The number of aromatic nitrogens is 1. The maximum Gasteiger partial charge on any atom is 0.410 e. The fourth-order valence-corrected chi connectivity index (χ4v) is 3.07. The molecule has 1 saturated heterocycles. The number of carbonyl (C=O) groups excluding carboxylic acids is 2. The van der Waals surface area contributed by atoms with E-state index in [1.807, 2.05) is 31.7 Å². The van der Waals surface area contributed by atoms with E-state index in [9.17, 15) is 14.0 Å². The van der Waals surface area contributed by atoms with Gasteiger partial charge in [-0.15, -0.1) is 0 Å². The van der Waals surface area contributed by atoms with Crippen LogP contribution in [0.2, 0.25) is 0 Å². The molecule has 2 heterocycles. The van der Waals surface area contributed by atoms with Gasteiger partial charge in [-0.3, -0.25) is 4.79 Å². The van der Waals surface area contributed by atoms with Crippen LogP contribution in [0.1, 0.15) is 36.7 Å². The number of rotatable bonds is 3. The van der Waals surface area contributed by atoms with E-state index in [1.165, 1.54) is 12.1 Å². The number of nitriles is 1. The molecular weight excluding hydrogens is 401 g/mol. The lowest BCUT2D eigenvalue weighted by molar-refractivity contribution is 0.0240. The van der Waals surface area contributed by atoms with Crippen molar-refractivity contribution in [2.75, 3.05) is 36.4 Å². The zero-order valence-corrected chi connectivity index (χ0v) is 17.7. The zero-order valence-electron chi connectivity index (χ0n) is 17.7. The summed E-state index contributed by atoms with van der Waals surface area (Å²) >= 11 is 0. The average molecular weight is 425 g/mol. The first kappa shape index (κ1) is 22.0. The van der Waals surface area contributed by atoms with Gasteiger partial charge in [0.25, 0.3) is 5.91 Å². The number of carbonyl (C=O) groups is 2. The second kappa shape index (κ2) is 9.00. The van der Waals surface area contributed by atoms with Crippen LogP contribution in [0.3, 0.4) is 0 Å². The number of nitrogens with zero attached hydrogens (tertiary/aromatic N) is 4. The lowest BCUT2D eigenvalue weighted by Crippen LogP contribution is -2.50. The first-order valence-corrected chi connectivity index (χ1v) is 9.87. The number of anilines is 2. The van der Waals surface area contributed by atoms with E-state index in [4.69, 9.17) is 10.00 Å². The molecule has 0 radical (unpaired) electrons. The number of benzene rings is 1. The average Bonchev–Trinajstić information content (AvgIpc) is 2.72. The fraction of sp³-hybridized carbons (Fsp3) is 0.364. The minimum atomic E-state index is -0.772. The number of hydrogen-bond donors (Lipinski definition) is 1. The highest BCUT2D eigenvalue weighted by molar-refractivity contribution is 6.04. The smallest absolute Gasteiger partial charge is 0.410 e. The normalized spacial score (nSPS) is 14.0. The third-order valence-electron chi connectivity index (χ3n) is 4.57. The summed E-state index contributed by atoms with van der Waals surface area (Å²) in [5, 5.41) is 11.4. The highest BCUT2D eigenvalue weighted by Gasteiger charge is 2.26. The Labute approximate surface area is 180 Å². The largest absolute Gasteiger partial charge is 0.444 e. The second-order valence-electron chi connectivity index (χ2n) is 8.10. The minimum absolute atomic E-state index is 0.139. The number of nitrogens with one attached hydrogen (secondary N) is 1. The van der Waals surface area contributed by atoms with Crippen molar-refractivity contribution in [3.63, 3.8) is 0 Å². The lowest BCUT2D eigenvalue weighted by Gasteiger charge is -2.36. The monoisotopic (exact) mass is 425 g/mol. The molecule has 1 fully saturated rings. The van der Waals surface area contributed by atoms with Gasteiger partial charge >= 0.3 is 6.09 Å². The van der Waals surface area contributed by atoms with Gasteiger partial charge in [-0.25, -0.2) is 14.2 Å². The fourth-order valence-electron chi connectivity index (χ4n) is 3.07. The Balaban J connectivity index is 1.63. The zero-order chi connectivity index (χ0) is 22.6. The first-order chi connectivity index (χ1) is 14.7. The lowest BCUT2D eigenvalue weighted by atomic mass is 10.1. The number of halogens is 1. The molecule has 1 aromatic carbocycles. The third-order valence-corrected chi connectivity index (χ3v) is 4.57. The van der Waals surface area contributed by atoms with Crippen LogP contribution >= 0.6 is 0 Å². The van der Waals surface area contributed by atoms with E-state index in [0.29, 0.717) is 32.0 Å². The topological polar surface area (TPSA) is 98.6 Å². The number of hydrogen-bond acceptors (Lipinski definition) is 6. The summed E-state index contributed by atoms with van der Waals surface area (Å²) in [6.45, 7) is 7.59. The minimum Gasteiger partial charge on any atom is -0.444 e. The van der Waals surface area contributed by atoms with Gasteiger partial charge in [0.05, 0.1) is 17.2 Å². The molecule has 0 aliphatic carbocycles. The summed E-state index contributed by atoms with van der Waals surface area (Å²) in [5.41, 5.74) is -0.576. The molecule has 2 amide bonds. The highest BCUT2D eigenvalue weighted by Crippen LogP contribution is 2.19. The molecule has 1 aliphatic heterocycles. The summed E-state index contributed by atoms with van der Waals surface area (Å²) in [6, 6.07) is 10.7. The van der Waals surface area contributed by atoms with E-state index >= 15 is 0 Å². The Morgan fingerprint density at radius 3 is 2.48 bits per heavy atom. The molecule has 3 rings (SSSR count). The molecule has 31 heavy (non-hydrogen) atoms. The summed E-state index contributed by atoms with van der Waals surface area (Å²) in [6.07, 6.45) is -0.342. The Morgan fingerprint density at radius 2 is 1.87 bits per heavy atom. The van der Waals surface area contributed by atoms with Crippen molar-refractivity contribution in [3.8, 4) is 6.07 Å². The van der Waals surface area contributed by atoms with E-state index in [-0.39, 0.29) is 23.0 Å². The van der Waals surface area contributed by atoms with Crippen molar-refractivity contribution in [1.29, 1.82) is 5.26 Å². The van der Waals surface area contributed by atoms with Crippen LogP contribution in [-0.4, -0.2) is 53.7 Å². The van der Waals surface area contributed by atoms with E-state index in [1.54, 1.807) is 23.1 Å². The first-order valence-electron chi connectivity index (χ1n) is 9.87. The summed E-state index contributed by atoms with van der Waals surface area (Å²) in [4.78, 5) is 32.7. The van der Waals surface area contributed by atoms with Crippen LogP contribution in [0.5, 0.6) is 0 Å². The third kappa shape index (κ3) is 5.69. The van der Waals surface area contributed by atoms with Gasteiger partial charge in [-0.1, -0.05) is 6.07 Å². The summed E-state index contributed by atoms with van der Waals surface area (Å²) in [7, 11) is 0. The summed E-state index contributed by atoms with van der Waals surface area (Å²) < 4.78 is 19.5. The Morgan fingerprint density at radius 1 is 1.16 bits per heavy atom. The SMILES string of the molecule is CC(C)(C)OC(=O)N1CCN(c2cccc(NC(=O)c3ccc(C#N)cc3F)n2)CC1. The standard InChI is InChI=1S/C22H24FN5O3/c1-22(2,3)31-21(30)28-11-9-27(10-12-28)19-6-4-5-18(25-19)26-20(29)16-8-7-15(14-24)13-17(16)23/h4-8,13H,9-12H2,1-3H3,(H,25,26,29). The molecule has 2 aromatic rings. The molecule has 0 atom stereocenters. The Kier molecular flexibility index (Phi) is 6.39. The van der Waals surface area contributed by atoms with Gasteiger partial charge in [-0.05, 0) is 51.1 Å². The van der Waals surface area contributed by atoms with Crippen LogP contribution in [0.25, 0.3) is 0 Å². The van der Waals surface area contributed by atoms with E-state index in [0.717, 1.165) is 6.07 Å². The molecule has 1 aromatic heterocycles. The number of ether oxygens (including phenoxy) is 1. The quantitative estimate of drug-likeness (QED) is 0.809. The number of amides is 2. The van der Waals surface area contributed by atoms with Crippen molar-refractivity contribution in [3.05, 3.63) is 53.3 Å². The number of pyridine rings is 1. The number of piperazine rings is 1. The maximum absolute atomic E-state index is 14.1. The molecule has 162 valence electrons. The predicted octanol–water partition coefficient (Wildman–Crippen LogP) is 3.40. The molecule has 1 N–H and O–H groups in total. The van der Waals surface area contributed by atoms with Gasteiger partial charge in [0.1, 0.15) is 23.1 Å². The van der Waals surface area contributed by atoms with Crippen LogP contribution in [0.4, 0.5) is 20.8 Å². The highest BCUT2D eigenvalue weighted by atomic mass is 19.1. The van der Waals surface area contributed by atoms with Crippen molar-refractivity contribution < 1.29 is 18.7 Å². The van der Waals surface area contributed by atoms with Crippen molar-refractivity contribution >= 4 is 23.6 Å². The van der Waals surface area contributed by atoms with Crippen LogP contribution in [0.15, 0.2) is 36.4 Å². The van der Waals surface area contributed by atoms with Gasteiger partial charge in [-0.2, -0.15) is 5.26 Å². The Hall–Kier alpha value is -3.67. The maximum atomic E-state index is 14.1. The van der Waals surface area contributed by atoms with Crippen LogP contribution < -0.4 is 10.2 Å². The van der Waals surface area contributed by atoms with Gasteiger partial charge < -0.3 is 19.9 Å². The molecule has 0 saturated carbocycles. The van der Waals surface area contributed by atoms with Crippen molar-refractivity contribution in [2.24, 2.45) is 0 Å². The predicted molar refractivity (Wildman–Crippen MR) is 113 cm³/mol. The van der Waals surface area contributed by atoms with Crippen molar-refractivity contribution in [1.82, 2.24) is 9.88 Å². The van der Waals surface area contributed by atoms with Gasteiger partial charge in [0.15, 0.2) is 0 Å². The van der Waals surface area contributed by atoms with Crippen molar-refractivity contribution in [2.45, 2.75) is 26.4 Å². The van der Waals surface area contributed by atoms with E-state index < -0.39 is 17.3 Å². The van der Waals surface area contributed by atoms with Gasteiger partial charge in [0.2, 0.25) is 0 Å². The second-order valence-corrected chi connectivity index (χ2v) is 8.10.